The second-order valence-electron chi connectivity index (χ2n) is 4.72. The third-order valence-electron chi connectivity index (χ3n) is 2.27. The Morgan fingerprint density at radius 1 is 0.818 bits per heavy atom. The number of aliphatic hydroxyl groups excluding tert-OH is 2. The molecule has 8 nitrogen and oxygen atoms in total. The van der Waals surface area contributed by atoms with Crippen LogP contribution in [0.25, 0.3) is 0 Å². The Hall–Kier alpha value is -1.22. The fraction of sp³-hybridized carbons (Fsp3) is 0.857. The van der Waals surface area contributed by atoms with E-state index < -0.39 is 17.7 Å². The molecule has 0 saturated heterocycles. The minimum Gasteiger partial charge on any atom is -0.481 e. The van der Waals surface area contributed by atoms with E-state index in [9.17, 15) is 9.59 Å². The van der Waals surface area contributed by atoms with E-state index in [2.05, 4.69) is 0 Å². The Morgan fingerprint density at radius 3 is 1.23 bits per heavy atom. The maximum atomic E-state index is 9.90. The third-order valence-corrected chi connectivity index (χ3v) is 2.27. The van der Waals surface area contributed by atoms with E-state index in [4.69, 9.17) is 30.6 Å². The van der Waals surface area contributed by atoms with E-state index in [1.165, 1.54) is 6.92 Å². The maximum absolute atomic E-state index is 9.90. The summed E-state index contributed by atoms with van der Waals surface area (Å²) in [7, 11) is 0. The van der Waals surface area contributed by atoms with Crippen LogP contribution in [0.5, 0.6) is 0 Å². The number of aliphatic hydroxyl groups is 4. The summed E-state index contributed by atoms with van der Waals surface area (Å²) in [6.45, 7) is 3.45. The Kier molecular flexibility index (Phi) is 20.8. The second kappa shape index (κ2) is 17.8. The molecule has 0 bridgehead atoms. The SMILES string of the molecule is CCC(C)(O)O.O=C(O)CCCCC(=O)O.OCCCCO. The molecule has 0 rings (SSSR count). The lowest BCUT2D eigenvalue weighted by Crippen LogP contribution is -2.20. The summed E-state index contributed by atoms with van der Waals surface area (Å²) >= 11 is 0. The highest BCUT2D eigenvalue weighted by molar-refractivity contribution is 5.67. The van der Waals surface area contributed by atoms with Crippen molar-refractivity contribution < 1.29 is 40.2 Å². The van der Waals surface area contributed by atoms with Crippen LogP contribution in [0.4, 0.5) is 0 Å². The molecule has 0 fully saturated rings. The molecular formula is C14H30O8. The van der Waals surface area contributed by atoms with Crippen LogP contribution in [0.3, 0.4) is 0 Å². The zero-order valence-corrected chi connectivity index (χ0v) is 13.4. The molecule has 0 atom stereocenters. The van der Waals surface area contributed by atoms with Crippen LogP contribution in [0.2, 0.25) is 0 Å². The summed E-state index contributed by atoms with van der Waals surface area (Å²) in [6.07, 6.45) is 2.84. The second-order valence-corrected chi connectivity index (χ2v) is 4.72. The largest absolute Gasteiger partial charge is 0.481 e. The average molecular weight is 326 g/mol. The van der Waals surface area contributed by atoms with Gasteiger partial charge in [-0.25, -0.2) is 0 Å². The molecule has 0 saturated carbocycles. The molecule has 0 amide bonds. The fourth-order valence-corrected chi connectivity index (χ4v) is 0.776. The van der Waals surface area contributed by atoms with Crippen molar-refractivity contribution in [2.45, 2.75) is 64.6 Å². The standard InChI is InChI=1S/C6H10O4.2C4H10O2/c7-5(8)3-1-2-4-6(9)10;1-3-4(2,5)6;5-3-1-2-4-6/h1-4H2,(H,7,8)(H,9,10);5-6H,3H2,1-2H3;5-6H,1-4H2. The highest BCUT2D eigenvalue weighted by atomic mass is 16.5. The van der Waals surface area contributed by atoms with Gasteiger partial charge in [0.25, 0.3) is 0 Å². The van der Waals surface area contributed by atoms with Crippen LogP contribution in [-0.4, -0.2) is 61.6 Å². The molecule has 0 heterocycles. The van der Waals surface area contributed by atoms with Crippen molar-refractivity contribution in [2.75, 3.05) is 13.2 Å². The van der Waals surface area contributed by atoms with Crippen molar-refractivity contribution in [3.63, 3.8) is 0 Å². The van der Waals surface area contributed by atoms with Gasteiger partial charge in [-0.3, -0.25) is 9.59 Å². The number of unbranched alkanes of at least 4 members (excludes halogenated alkanes) is 2. The van der Waals surface area contributed by atoms with Crippen molar-refractivity contribution in [3.05, 3.63) is 0 Å². The van der Waals surface area contributed by atoms with Gasteiger partial charge >= 0.3 is 11.9 Å². The van der Waals surface area contributed by atoms with E-state index in [0.29, 0.717) is 19.3 Å². The Morgan fingerprint density at radius 2 is 1.09 bits per heavy atom. The van der Waals surface area contributed by atoms with Crippen molar-refractivity contribution in [1.29, 1.82) is 0 Å². The molecule has 22 heavy (non-hydrogen) atoms. The van der Waals surface area contributed by atoms with Gasteiger partial charge in [0.15, 0.2) is 5.79 Å². The summed E-state index contributed by atoms with van der Waals surface area (Å²) in [6, 6.07) is 0. The number of carbonyl (C=O) groups is 2. The number of carboxylic acid groups (broad SMARTS) is 2. The monoisotopic (exact) mass is 326 g/mol. The van der Waals surface area contributed by atoms with E-state index in [0.717, 1.165) is 12.8 Å². The minimum absolute atomic E-state index is 0.0628. The first-order valence-electron chi connectivity index (χ1n) is 7.20. The van der Waals surface area contributed by atoms with Gasteiger partial charge in [0.1, 0.15) is 0 Å². The van der Waals surface area contributed by atoms with Crippen molar-refractivity contribution >= 4 is 11.9 Å². The predicted molar refractivity (Wildman–Crippen MR) is 80.3 cm³/mol. The summed E-state index contributed by atoms with van der Waals surface area (Å²) in [4.78, 5) is 19.8. The van der Waals surface area contributed by atoms with Crippen molar-refractivity contribution in [2.24, 2.45) is 0 Å². The van der Waals surface area contributed by atoms with Gasteiger partial charge in [0, 0.05) is 26.1 Å². The van der Waals surface area contributed by atoms with Crippen LogP contribution in [0, 0.1) is 0 Å². The average Bonchev–Trinajstić information content (AvgIpc) is 2.41. The molecular weight excluding hydrogens is 296 g/mol. The molecule has 0 aromatic carbocycles. The van der Waals surface area contributed by atoms with Gasteiger partial charge < -0.3 is 30.6 Å². The molecule has 0 aromatic heterocycles. The van der Waals surface area contributed by atoms with Crippen LogP contribution in [-0.2, 0) is 9.59 Å². The number of aliphatic carboxylic acids is 2. The Bertz CT molecular complexity index is 240. The maximum Gasteiger partial charge on any atom is 0.303 e. The summed E-state index contributed by atoms with van der Waals surface area (Å²) in [5.41, 5.74) is 0. The van der Waals surface area contributed by atoms with Gasteiger partial charge in [0.2, 0.25) is 0 Å². The van der Waals surface area contributed by atoms with Gasteiger partial charge in [-0.15, -0.1) is 0 Å². The normalized spacial score (nSPS) is 9.91. The van der Waals surface area contributed by atoms with Crippen molar-refractivity contribution in [1.82, 2.24) is 0 Å². The summed E-state index contributed by atoms with van der Waals surface area (Å²) in [5.74, 6) is -3.20. The van der Waals surface area contributed by atoms with Gasteiger partial charge in [-0.1, -0.05) is 6.92 Å². The number of carboxylic acids is 2. The zero-order chi connectivity index (χ0) is 18.0. The van der Waals surface area contributed by atoms with E-state index in [1.54, 1.807) is 6.92 Å². The molecule has 8 heteroatoms. The number of hydrogen-bond donors (Lipinski definition) is 6. The molecule has 0 aliphatic carbocycles. The number of rotatable bonds is 9. The minimum atomic E-state index is -1.46. The lowest BCUT2D eigenvalue weighted by atomic mass is 10.2. The lowest BCUT2D eigenvalue weighted by Gasteiger charge is -2.10. The highest BCUT2D eigenvalue weighted by Crippen LogP contribution is 1.99. The molecule has 0 aliphatic heterocycles. The Labute approximate surface area is 131 Å². The van der Waals surface area contributed by atoms with E-state index >= 15 is 0 Å². The quantitative estimate of drug-likeness (QED) is 0.265. The van der Waals surface area contributed by atoms with Gasteiger partial charge in [-0.2, -0.15) is 0 Å². The fourth-order valence-electron chi connectivity index (χ4n) is 0.776. The molecule has 0 aliphatic rings. The van der Waals surface area contributed by atoms with Crippen LogP contribution in [0.15, 0.2) is 0 Å². The Balaban J connectivity index is -0.000000261. The zero-order valence-electron chi connectivity index (χ0n) is 13.4. The topological polar surface area (TPSA) is 156 Å². The van der Waals surface area contributed by atoms with Gasteiger partial charge in [-0.05, 0) is 39.0 Å². The highest BCUT2D eigenvalue weighted by Gasteiger charge is 2.08. The molecule has 6 N–H and O–H groups in total. The van der Waals surface area contributed by atoms with Crippen molar-refractivity contribution in [3.8, 4) is 0 Å². The van der Waals surface area contributed by atoms with E-state index in [-0.39, 0.29) is 26.1 Å². The first kappa shape index (κ1) is 25.7. The summed E-state index contributed by atoms with van der Waals surface area (Å²) < 4.78 is 0. The summed E-state index contributed by atoms with van der Waals surface area (Å²) in [5, 5.41) is 49.2. The predicted octanol–water partition coefficient (Wildman–Crippen LogP) is 0.564. The molecule has 0 spiro atoms. The van der Waals surface area contributed by atoms with Crippen LogP contribution in [0.1, 0.15) is 58.8 Å². The molecule has 0 aromatic rings. The first-order chi connectivity index (χ1) is 10.1. The number of hydrogen-bond acceptors (Lipinski definition) is 6. The van der Waals surface area contributed by atoms with Crippen LogP contribution < -0.4 is 0 Å². The van der Waals surface area contributed by atoms with E-state index in [1.807, 2.05) is 0 Å². The smallest absolute Gasteiger partial charge is 0.303 e. The van der Waals surface area contributed by atoms with Gasteiger partial charge in [0.05, 0.1) is 0 Å². The molecule has 134 valence electrons. The lowest BCUT2D eigenvalue weighted by molar-refractivity contribution is -0.145. The third kappa shape index (κ3) is 42.8. The molecule has 0 unspecified atom stereocenters. The first-order valence-corrected chi connectivity index (χ1v) is 7.20. The molecule has 0 radical (unpaired) electrons. The van der Waals surface area contributed by atoms with Crippen LogP contribution >= 0.6 is 0 Å².